The molecule has 0 aliphatic carbocycles. The summed E-state index contributed by atoms with van der Waals surface area (Å²) in [5.74, 6) is 1.41. The summed E-state index contributed by atoms with van der Waals surface area (Å²) >= 11 is 10.2. The predicted octanol–water partition coefficient (Wildman–Crippen LogP) is 5.95. The summed E-state index contributed by atoms with van der Waals surface area (Å²) in [5.41, 5.74) is 1.18. The maximum Gasteiger partial charge on any atom is 0.133 e. The number of methoxy groups -OCH3 is 1. The molecule has 0 N–H and O–H groups in total. The maximum absolute atomic E-state index is 6.64. The highest BCUT2D eigenvalue weighted by atomic mass is 79.9. The average Bonchev–Trinajstić information content (AvgIpc) is 2.37. The van der Waals surface area contributed by atoms with Gasteiger partial charge >= 0.3 is 0 Å². The Bertz CT molecular complexity index is 362. The van der Waals surface area contributed by atoms with Crippen LogP contribution in [0.4, 0.5) is 0 Å². The van der Waals surface area contributed by atoms with Crippen molar-refractivity contribution in [1.82, 2.24) is 0 Å². The Morgan fingerprint density at radius 2 is 1.83 bits per heavy atom. The fraction of sp³-hybridized carbons (Fsp3) is 0.600. The molecule has 0 saturated heterocycles. The molecule has 0 radical (unpaired) electrons. The van der Waals surface area contributed by atoms with Gasteiger partial charge in [0.1, 0.15) is 5.75 Å². The Morgan fingerprint density at radius 3 is 2.28 bits per heavy atom. The van der Waals surface area contributed by atoms with E-state index in [0.29, 0.717) is 5.92 Å². The SMILES string of the molecule is CCCC(CCC)C(Cl)c1ccc(OC)c(Br)c1. The van der Waals surface area contributed by atoms with E-state index in [9.17, 15) is 0 Å². The van der Waals surface area contributed by atoms with E-state index in [-0.39, 0.29) is 5.38 Å². The van der Waals surface area contributed by atoms with Crippen LogP contribution in [0, 0.1) is 5.92 Å². The lowest BCUT2D eigenvalue weighted by Gasteiger charge is -2.22. The first kappa shape index (κ1) is 15.8. The van der Waals surface area contributed by atoms with Crippen molar-refractivity contribution in [3.05, 3.63) is 28.2 Å². The first-order chi connectivity index (χ1) is 8.63. The molecule has 3 heteroatoms. The van der Waals surface area contributed by atoms with Crippen LogP contribution in [0.25, 0.3) is 0 Å². The van der Waals surface area contributed by atoms with Gasteiger partial charge in [-0.15, -0.1) is 11.6 Å². The normalized spacial score (nSPS) is 12.8. The molecule has 0 aliphatic heterocycles. The molecule has 1 nitrogen and oxygen atoms in total. The lowest BCUT2D eigenvalue weighted by Crippen LogP contribution is -2.08. The van der Waals surface area contributed by atoms with Crippen LogP contribution in [-0.2, 0) is 0 Å². The van der Waals surface area contributed by atoms with Crippen LogP contribution in [0.3, 0.4) is 0 Å². The lowest BCUT2D eigenvalue weighted by molar-refractivity contribution is 0.410. The van der Waals surface area contributed by atoms with Crippen molar-refractivity contribution >= 4 is 27.5 Å². The van der Waals surface area contributed by atoms with Gasteiger partial charge in [0.05, 0.1) is 17.0 Å². The molecule has 0 bridgehead atoms. The molecule has 0 fully saturated rings. The molecule has 1 aromatic carbocycles. The third-order valence-corrected chi connectivity index (χ3v) is 4.46. The number of rotatable bonds is 7. The number of benzene rings is 1. The third-order valence-electron chi connectivity index (χ3n) is 3.23. The monoisotopic (exact) mass is 332 g/mol. The minimum atomic E-state index is 0.0899. The van der Waals surface area contributed by atoms with Crippen LogP contribution in [0.2, 0.25) is 0 Å². The Balaban J connectivity index is 2.86. The van der Waals surface area contributed by atoms with E-state index >= 15 is 0 Å². The summed E-state index contributed by atoms with van der Waals surface area (Å²) in [7, 11) is 1.68. The zero-order chi connectivity index (χ0) is 13.5. The van der Waals surface area contributed by atoms with Crippen LogP contribution in [0.5, 0.6) is 5.75 Å². The summed E-state index contributed by atoms with van der Waals surface area (Å²) in [6.45, 7) is 4.44. The van der Waals surface area contributed by atoms with Gasteiger partial charge in [-0.2, -0.15) is 0 Å². The van der Waals surface area contributed by atoms with Gasteiger partial charge in [0.25, 0.3) is 0 Å². The summed E-state index contributed by atoms with van der Waals surface area (Å²) in [6.07, 6.45) is 4.74. The standard InChI is InChI=1S/C15H22BrClO/c1-4-6-11(7-5-2)15(17)12-8-9-14(18-3)13(16)10-12/h8-11,15H,4-7H2,1-3H3. The molecule has 1 aromatic rings. The van der Waals surface area contributed by atoms with E-state index in [1.54, 1.807) is 7.11 Å². The first-order valence-electron chi connectivity index (χ1n) is 6.61. The minimum Gasteiger partial charge on any atom is -0.496 e. The zero-order valence-electron chi connectivity index (χ0n) is 11.4. The second-order valence-electron chi connectivity index (χ2n) is 4.63. The number of hydrogen-bond acceptors (Lipinski definition) is 1. The Hall–Kier alpha value is -0.210. The van der Waals surface area contributed by atoms with Gasteiger partial charge in [-0.05, 0) is 52.4 Å². The number of hydrogen-bond donors (Lipinski definition) is 0. The van der Waals surface area contributed by atoms with Crippen molar-refractivity contribution in [1.29, 1.82) is 0 Å². The summed E-state index contributed by atoms with van der Waals surface area (Å²) in [4.78, 5) is 0. The van der Waals surface area contributed by atoms with Crippen molar-refractivity contribution in [3.63, 3.8) is 0 Å². The van der Waals surface area contributed by atoms with Gasteiger partial charge in [-0.3, -0.25) is 0 Å². The molecule has 0 amide bonds. The Labute approximate surface area is 124 Å². The van der Waals surface area contributed by atoms with Gasteiger partial charge in [-0.25, -0.2) is 0 Å². The van der Waals surface area contributed by atoms with Crippen LogP contribution >= 0.6 is 27.5 Å². The molecule has 1 rings (SSSR count). The first-order valence-corrected chi connectivity index (χ1v) is 7.84. The van der Waals surface area contributed by atoms with Crippen molar-refractivity contribution < 1.29 is 4.74 Å². The lowest BCUT2D eigenvalue weighted by atomic mass is 9.90. The van der Waals surface area contributed by atoms with Gasteiger partial charge < -0.3 is 4.74 Å². The number of halogens is 2. The second kappa shape index (κ2) is 8.06. The fourth-order valence-corrected chi connectivity index (χ4v) is 3.25. The molecule has 0 spiro atoms. The van der Waals surface area contributed by atoms with E-state index in [1.807, 2.05) is 6.07 Å². The minimum absolute atomic E-state index is 0.0899. The van der Waals surface area contributed by atoms with Crippen LogP contribution in [-0.4, -0.2) is 7.11 Å². The molecule has 0 saturated carbocycles. The third kappa shape index (κ3) is 4.17. The quantitative estimate of drug-likeness (QED) is 0.560. The molecule has 0 aromatic heterocycles. The molecular weight excluding hydrogens is 312 g/mol. The smallest absolute Gasteiger partial charge is 0.133 e. The number of ether oxygens (including phenoxy) is 1. The molecule has 1 unspecified atom stereocenters. The van der Waals surface area contributed by atoms with Gasteiger partial charge in [-0.1, -0.05) is 32.8 Å². The molecule has 0 heterocycles. The van der Waals surface area contributed by atoms with E-state index < -0.39 is 0 Å². The van der Waals surface area contributed by atoms with Crippen molar-refractivity contribution in [2.24, 2.45) is 5.92 Å². The average molecular weight is 334 g/mol. The summed E-state index contributed by atoms with van der Waals surface area (Å²) in [6, 6.07) is 6.12. The topological polar surface area (TPSA) is 9.23 Å². The zero-order valence-corrected chi connectivity index (χ0v) is 13.7. The van der Waals surface area contributed by atoms with Crippen molar-refractivity contribution in [3.8, 4) is 5.75 Å². The van der Waals surface area contributed by atoms with Gasteiger partial charge in [0.2, 0.25) is 0 Å². The van der Waals surface area contributed by atoms with E-state index in [1.165, 1.54) is 31.2 Å². The van der Waals surface area contributed by atoms with E-state index in [4.69, 9.17) is 16.3 Å². The number of alkyl halides is 1. The largest absolute Gasteiger partial charge is 0.496 e. The molecule has 1 atom stereocenters. The van der Waals surface area contributed by atoms with Gasteiger partial charge in [0, 0.05) is 0 Å². The Morgan fingerprint density at radius 1 is 1.22 bits per heavy atom. The molecule has 18 heavy (non-hydrogen) atoms. The van der Waals surface area contributed by atoms with Crippen LogP contribution < -0.4 is 4.74 Å². The summed E-state index contributed by atoms with van der Waals surface area (Å²) < 4.78 is 6.22. The highest BCUT2D eigenvalue weighted by Gasteiger charge is 2.20. The Kier molecular flexibility index (Phi) is 7.10. The summed E-state index contributed by atoms with van der Waals surface area (Å²) in [5, 5.41) is 0.0899. The van der Waals surface area contributed by atoms with Crippen LogP contribution in [0.1, 0.15) is 50.5 Å². The van der Waals surface area contributed by atoms with Crippen LogP contribution in [0.15, 0.2) is 22.7 Å². The molecular formula is C15H22BrClO. The highest BCUT2D eigenvalue weighted by molar-refractivity contribution is 9.10. The maximum atomic E-state index is 6.64. The van der Waals surface area contributed by atoms with E-state index in [2.05, 4.69) is 41.9 Å². The van der Waals surface area contributed by atoms with E-state index in [0.717, 1.165) is 10.2 Å². The van der Waals surface area contributed by atoms with Crippen molar-refractivity contribution in [2.75, 3.05) is 7.11 Å². The fourth-order valence-electron chi connectivity index (χ4n) is 2.30. The second-order valence-corrected chi connectivity index (χ2v) is 5.96. The molecule has 102 valence electrons. The molecule has 0 aliphatic rings. The predicted molar refractivity (Wildman–Crippen MR) is 82.6 cm³/mol. The van der Waals surface area contributed by atoms with Crippen molar-refractivity contribution in [2.45, 2.75) is 44.9 Å². The highest BCUT2D eigenvalue weighted by Crippen LogP contribution is 2.38. The van der Waals surface area contributed by atoms with Gasteiger partial charge in [0.15, 0.2) is 0 Å².